The van der Waals surface area contributed by atoms with E-state index in [9.17, 15) is 19.5 Å². The molecule has 0 aromatic heterocycles. The molecule has 1 aliphatic rings. The quantitative estimate of drug-likeness (QED) is 0.392. The lowest BCUT2D eigenvalue weighted by Crippen LogP contribution is -2.43. The van der Waals surface area contributed by atoms with Gasteiger partial charge in [-0.25, -0.2) is 9.59 Å². The summed E-state index contributed by atoms with van der Waals surface area (Å²) < 4.78 is 5.60. The van der Waals surface area contributed by atoms with Crippen molar-refractivity contribution in [3.63, 3.8) is 0 Å². The van der Waals surface area contributed by atoms with Gasteiger partial charge in [0.1, 0.15) is 12.6 Å². The third-order valence-electron chi connectivity index (χ3n) is 6.62. The second-order valence-electron chi connectivity index (χ2n) is 9.39. The number of rotatable bonds is 12. The maximum absolute atomic E-state index is 12.4. The highest BCUT2D eigenvalue weighted by atomic mass is 16.5. The lowest BCUT2D eigenvalue weighted by atomic mass is 9.98. The fourth-order valence-electron chi connectivity index (χ4n) is 4.63. The Kier molecular flexibility index (Phi) is 9.29. The molecule has 1 aliphatic carbocycles. The van der Waals surface area contributed by atoms with Gasteiger partial charge in [-0.1, -0.05) is 75.2 Å². The molecular formula is C28H36N2O5. The minimum Gasteiger partial charge on any atom is -0.480 e. The molecule has 2 amide bonds. The first-order chi connectivity index (χ1) is 16.8. The van der Waals surface area contributed by atoms with E-state index in [1.165, 1.54) is 22.3 Å². The average Bonchev–Trinajstić information content (AvgIpc) is 3.16. The number of amides is 2. The summed E-state index contributed by atoms with van der Waals surface area (Å²) in [7, 11) is 0. The standard InChI is InChI=1S/C28H36N2O5/c1-4-10-25(27(32)33)30-26(31)18(2)11-9-12-19(3)29-28(34)35-17-24-22-15-7-5-13-20(22)21-14-6-8-16-23(21)24/h5-8,13-16,18-19,24-25H,4,9-12,17H2,1-3H3,(H,29,34)(H,30,31)(H,32,33)/t18?,19?,25-/m1/s1. The number of carbonyl (C=O) groups excluding carboxylic acids is 2. The maximum Gasteiger partial charge on any atom is 0.407 e. The second-order valence-corrected chi connectivity index (χ2v) is 9.39. The van der Waals surface area contributed by atoms with E-state index in [0.717, 1.165) is 6.42 Å². The van der Waals surface area contributed by atoms with E-state index < -0.39 is 18.1 Å². The van der Waals surface area contributed by atoms with Crippen LogP contribution in [0, 0.1) is 5.92 Å². The fourth-order valence-corrected chi connectivity index (χ4v) is 4.63. The van der Waals surface area contributed by atoms with Crippen LogP contribution in [-0.2, 0) is 14.3 Å². The topological polar surface area (TPSA) is 105 Å². The van der Waals surface area contributed by atoms with E-state index in [2.05, 4.69) is 34.9 Å². The molecule has 0 aliphatic heterocycles. The molecule has 2 aromatic rings. The third-order valence-corrected chi connectivity index (χ3v) is 6.62. The highest BCUT2D eigenvalue weighted by Gasteiger charge is 2.29. The zero-order valence-electron chi connectivity index (χ0n) is 20.8. The lowest BCUT2D eigenvalue weighted by molar-refractivity contribution is -0.142. The first kappa shape index (κ1) is 26.3. The van der Waals surface area contributed by atoms with Crippen molar-refractivity contribution in [1.29, 1.82) is 0 Å². The Morgan fingerprint density at radius 2 is 1.51 bits per heavy atom. The minimum atomic E-state index is -1.01. The molecule has 0 spiro atoms. The molecule has 35 heavy (non-hydrogen) atoms. The van der Waals surface area contributed by atoms with Crippen molar-refractivity contribution in [3.05, 3.63) is 59.7 Å². The number of ether oxygens (including phenoxy) is 1. The molecule has 0 bridgehead atoms. The number of fused-ring (bicyclic) bond motifs is 3. The van der Waals surface area contributed by atoms with Crippen molar-refractivity contribution < 1.29 is 24.2 Å². The van der Waals surface area contributed by atoms with Crippen LogP contribution in [0.1, 0.15) is 69.9 Å². The van der Waals surface area contributed by atoms with Gasteiger partial charge in [0.2, 0.25) is 5.91 Å². The number of hydrogen-bond donors (Lipinski definition) is 3. The summed E-state index contributed by atoms with van der Waals surface area (Å²) in [4.78, 5) is 36.0. The van der Waals surface area contributed by atoms with Crippen LogP contribution in [-0.4, -0.2) is 41.8 Å². The molecule has 3 atom stereocenters. The largest absolute Gasteiger partial charge is 0.480 e. The minimum absolute atomic E-state index is 0.0187. The van der Waals surface area contributed by atoms with E-state index in [-0.39, 0.29) is 30.4 Å². The summed E-state index contributed by atoms with van der Waals surface area (Å²) in [5.41, 5.74) is 4.72. The lowest BCUT2D eigenvalue weighted by Gasteiger charge is -2.19. The van der Waals surface area contributed by atoms with Crippen LogP contribution in [0.4, 0.5) is 4.79 Å². The van der Waals surface area contributed by atoms with Crippen molar-refractivity contribution in [2.24, 2.45) is 5.92 Å². The van der Waals surface area contributed by atoms with Crippen LogP contribution < -0.4 is 10.6 Å². The van der Waals surface area contributed by atoms with Gasteiger partial charge in [-0.15, -0.1) is 0 Å². The van der Waals surface area contributed by atoms with Gasteiger partial charge < -0.3 is 20.5 Å². The van der Waals surface area contributed by atoms with Gasteiger partial charge in [-0.05, 0) is 48.4 Å². The van der Waals surface area contributed by atoms with E-state index in [4.69, 9.17) is 4.74 Å². The van der Waals surface area contributed by atoms with Gasteiger partial charge >= 0.3 is 12.1 Å². The zero-order chi connectivity index (χ0) is 25.4. The van der Waals surface area contributed by atoms with Crippen LogP contribution >= 0.6 is 0 Å². The Morgan fingerprint density at radius 3 is 2.09 bits per heavy atom. The Bertz CT molecular complexity index is 992. The summed E-state index contributed by atoms with van der Waals surface area (Å²) in [5.74, 6) is -1.53. The third kappa shape index (κ3) is 6.84. The molecule has 0 saturated heterocycles. The van der Waals surface area contributed by atoms with Crippen LogP contribution in [0.3, 0.4) is 0 Å². The summed E-state index contributed by atoms with van der Waals surface area (Å²) in [6, 6.07) is 15.5. The molecule has 2 unspecified atom stereocenters. The number of alkyl carbamates (subject to hydrolysis) is 1. The normalized spacial score (nSPS) is 14.8. The summed E-state index contributed by atoms with van der Waals surface area (Å²) in [6.07, 6.45) is 2.68. The molecule has 188 valence electrons. The molecule has 3 N–H and O–H groups in total. The van der Waals surface area contributed by atoms with Crippen LogP contribution in [0.25, 0.3) is 11.1 Å². The van der Waals surface area contributed by atoms with Crippen molar-refractivity contribution in [2.45, 2.75) is 70.9 Å². The van der Waals surface area contributed by atoms with E-state index in [1.54, 1.807) is 6.92 Å². The van der Waals surface area contributed by atoms with Crippen LogP contribution in [0.15, 0.2) is 48.5 Å². The van der Waals surface area contributed by atoms with Gasteiger partial charge in [0.25, 0.3) is 0 Å². The number of aliphatic carboxylic acids is 1. The number of carboxylic acids is 1. The highest BCUT2D eigenvalue weighted by molar-refractivity contribution is 5.84. The zero-order valence-corrected chi connectivity index (χ0v) is 20.8. The number of benzene rings is 2. The Hall–Kier alpha value is -3.35. The van der Waals surface area contributed by atoms with Crippen molar-refractivity contribution in [1.82, 2.24) is 10.6 Å². The van der Waals surface area contributed by atoms with E-state index >= 15 is 0 Å². The molecule has 7 heteroatoms. The summed E-state index contributed by atoms with van der Waals surface area (Å²) >= 11 is 0. The van der Waals surface area contributed by atoms with Gasteiger partial charge in [0.15, 0.2) is 0 Å². The number of carbonyl (C=O) groups is 3. The van der Waals surface area contributed by atoms with Gasteiger partial charge in [-0.2, -0.15) is 0 Å². The molecule has 3 rings (SSSR count). The molecule has 0 fully saturated rings. The predicted octanol–water partition coefficient (Wildman–Crippen LogP) is 5.09. The van der Waals surface area contributed by atoms with Gasteiger partial charge in [-0.3, -0.25) is 4.79 Å². The second kappa shape index (κ2) is 12.4. The Morgan fingerprint density at radius 1 is 0.914 bits per heavy atom. The van der Waals surface area contributed by atoms with Gasteiger partial charge in [0, 0.05) is 17.9 Å². The molecule has 0 saturated carbocycles. The van der Waals surface area contributed by atoms with E-state index in [0.29, 0.717) is 25.7 Å². The molecule has 0 radical (unpaired) electrons. The molecule has 2 aromatic carbocycles. The van der Waals surface area contributed by atoms with E-state index in [1.807, 2.05) is 38.1 Å². The number of carboxylic acid groups (broad SMARTS) is 1. The monoisotopic (exact) mass is 480 g/mol. The highest BCUT2D eigenvalue weighted by Crippen LogP contribution is 2.44. The maximum atomic E-state index is 12.4. The van der Waals surface area contributed by atoms with Crippen LogP contribution in [0.2, 0.25) is 0 Å². The number of nitrogens with one attached hydrogen (secondary N) is 2. The average molecular weight is 481 g/mol. The van der Waals surface area contributed by atoms with Crippen LogP contribution in [0.5, 0.6) is 0 Å². The molecule has 0 heterocycles. The smallest absolute Gasteiger partial charge is 0.407 e. The molecular weight excluding hydrogens is 444 g/mol. The Balaban J connectivity index is 1.41. The van der Waals surface area contributed by atoms with Crippen molar-refractivity contribution in [3.8, 4) is 11.1 Å². The van der Waals surface area contributed by atoms with Gasteiger partial charge in [0.05, 0.1) is 0 Å². The predicted molar refractivity (Wildman–Crippen MR) is 135 cm³/mol. The van der Waals surface area contributed by atoms with Crippen molar-refractivity contribution in [2.75, 3.05) is 6.61 Å². The fraction of sp³-hybridized carbons (Fsp3) is 0.464. The number of hydrogen-bond acceptors (Lipinski definition) is 4. The first-order valence-electron chi connectivity index (χ1n) is 12.5. The first-order valence-corrected chi connectivity index (χ1v) is 12.5. The summed E-state index contributed by atoms with van der Waals surface area (Å²) in [6.45, 7) is 5.86. The SMILES string of the molecule is CCC[C@@H](NC(=O)C(C)CCCC(C)NC(=O)OCC1c2ccccc2-c2ccccc21)C(=O)O. The molecule has 7 nitrogen and oxygen atoms in total. The Labute approximate surface area is 207 Å². The van der Waals surface area contributed by atoms with Crippen molar-refractivity contribution >= 4 is 18.0 Å². The summed E-state index contributed by atoms with van der Waals surface area (Å²) in [5, 5.41) is 14.7.